The standard InChI is InChI=1S/C17H22O/c18-17(16-12-5-2-6-13-16)14-8-7-11-15-9-3-1-4-10-15/h9,16-18H,1-6,10,12-13H2/t17-/m0/s1. The zero-order valence-corrected chi connectivity index (χ0v) is 11.0. The molecule has 0 aromatic rings. The highest BCUT2D eigenvalue weighted by atomic mass is 16.3. The molecule has 1 fully saturated rings. The monoisotopic (exact) mass is 242 g/mol. The minimum absolute atomic E-state index is 0.377. The largest absolute Gasteiger partial charge is 0.380 e. The van der Waals surface area contributed by atoms with Crippen LogP contribution in [0.15, 0.2) is 11.6 Å². The molecule has 0 bridgehead atoms. The van der Waals surface area contributed by atoms with Crippen LogP contribution >= 0.6 is 0 Å². The lowest BCUT2D eigenvalue weighted by Crippen LogP contribution is -2.20. The first-order valence-corrected chi connectivity index (χ1v) is 7.25. The van der Waals surface area contributed by atoms with Gasteiger partial charge in [0.15, 0.2) is 0 Å². The van der Waals surface area contributed by atoms with E-state index < -0.39 is 6.10 Å². The van der Waals surface area contributed by atoms with Gasteiger partial charge in [0, 0.05) is 0 Å². The van der Waals surface area contributed by atoms with E-state index >= 15 is 0 Å². The lowest BCUT2D eigenvalue weighted by atomic mass is 9.85. The molecule has 1 saturated carbocycles. The molecule has 1 heteroatoms. The summed E-state index contributed by atoms with van der Waals surface area (Å²) < 4.78 is 0. The van der Waals surface area contributed by atoms with Gasteiger partial charge in [-0.3, -0.25) is 0 Å². The maximum absolute atomic E-state index is 9.95. The summed E-state index contributed by atoms with van der Waals surface area (Å²) in [7, 11) is 0. The molecule has 0 saturated heterocycles. The third kappa shape index (κ3) is 4.25. The SMILES string of the molecule is O[C@@H](C#CC#CC1=CCCCC1)C1CCCCC1. The molecule has 0 spiro atoms. The molecular weight excluding hydrogens is 220 g/mol. The van der Waals surface area contributed by atoms with E-state index in [9.17, 15) is 5.11 Å². The molecule has 1 atom stereocenters. The molecule has 0 radical (unpaired) electrons. The van der Waals surface area contributed by atoms with Crippen LogP contribution in [0.1, 0.15) is 57.8 Å². The smallest absolute Gasteiger partial charge is 0.118 e. The second-order valence-electron chi connectivity index (χ2n) is 5.34. The van der Waals surface area contributed by atoms with Crippen molar-refractivity contribution in [3.63, 3.8) is 0 Å². The highest BCUT2D eigenvalue weighted by Gasteiger charge is 2.19. The second-order valence-corrected chi connectivity index (χ2v) is 5.34. The van der Waals surface area contributed by atoms with E-state index in [1.165, 1.54) is 37.7 Å². The average Bonchev–Trinajstić information content (AvgIpc) is 2.45. The zero-order valence-electron chi connectivity index (χ0n) is 11.0. The first-order chi connectivity index (χ1) is 8.86. The third-order valence-corrected chi connectivity index (χ3v) is 3.89. The summed E-state index contributed by atoms with van der Waals surface area (Å²) in [4.78, 5) is 0. The Kier molecular flexibility index (Phi) is 5.37. The van der Waals surface area contributed by atoms with Gasteiger partial charge in [-0.25, -0.2) is 0 Å². The summed E-state index contributed by atoms with van der Waals surface area (Å²) in [6.07, 6.45) is 12.6. The van der Waals surface area contributed by atoms with Crippen molar-refractivity contribution in [3.05, 3.63) is 11.6 Å². The van der Waals surface area contributed by atoms with Crippen LogP contribution in [0.3, 0.4) is 0 Å². The van der Waals surface area contributed by atoms with E-state index in [1.807, 2.05) is 0 Å². The summed E-state index contributed by atoms with van der Waals surface area (Å²) in [6, 6.07) is 0. The molecule has 0 aliphatic heterocycles. The minimum Gasteiger partial charge on any atom is -0.380 e. The summed E-state index contributed by atoms with van der Waals surface area (Å²) >= 11 is 0. The van der Waals surface area contributed by atoms with Crippen molar-refractivity contribution in [3.8, 4) is 23.7 Å². The van der Waals surface area contributed by atoms with Crippen LogP contribution in [0.5, 0.6) is 0 Å². The molecule has 2 rings (SSSR count). The Balaban J connectivity index is 1.83. The van der Waals surface area contributed by atoms with Crippen molar-refractivity contribution in [2.45, 2.75) is 63.9 Å². The van der Waals surface area contributed by atoms with Crippen molar-refractivity contribution >= 4 is 0 Å². The van der Waals surface area contributed by atoms with Gasteiger partial charge in [-0.1, -0.05) is 37.2 Å². The van der Waals surface area contributed by atoms with E-state index in [2.05, 4.69) is 29.8 Å². The van der Waals surface area contributed by atoms with Crippen molar-refractivity contribution in [1.82, 2.24) is 0 Å². The summed E-state index contributed by atoms with van der Waals surface area (Å²) in [6.45, 7) is 0. The number of aliphatic hydroxyl groups excluding tert-OH is 1. The fraction of sp³-hybridized carbons (Fsp3) is 0.647. The van der Waals surface area contributed by atoms with Crippen molar-refractivity contribution in [2.75, 3.05) is 0 Å². The fourth-order valence-corrected chi connectivity index (χ4v) is 2.74. The van der Waals surface area contributed by atoms with Crippen molar-refractivity contribution < 1.29 is 5.11 Å². The van der Waals surface area contributed by atoms with E-state index in [4.69, 9.17) is 0 Å². The van der Waals surface area contributed by atoms with Crippen LogP contribution in [0.25, 0.3) is 0 Å². The molecule has 96 valence electrons. The zero-order chi connectivity index (χ0) is 12.6. The molecule has 1 nitrogen and oxygen atoms in total. The molecule has 1 N–H and O–H groups in total. The highest BCUT2D eigenvalue weighted by molar-refractivity contribution is 5.37. The van der Waals surface area contributed by atoms with Gasteiger partial charge in [-0.05, 0) is 61.9 Å². The summed E-state index contributed by atoms with van der Waals surface area (Å²) in [5.41, 5.74) is 1.22. The van der Waals surface area contributed by atoms with Gasteiger partial charge in [0.25, 0.3) is 0 Å². The maximum Gasteiger partial charge on any atom is 0.118 e. The van der Waals surface area contributed by atoms with Gasteiger partial charge in [-0.15, -0.1) is 0 Å². The Hall–Kier alpha value is -1.18. The van der Waals surface area contributed by atoms with Gasteiger partial charge in [-0.2, -0.15) is 0 Å². The molecule has 0 heterocycles. The lowest BCUT2D eigenvalue weighted by molar-refractivity contribution is 0.133. The second kappa shape index (κ2) is 7.30. The van der Waals surface area contributed by atoms with Gasteiger partial charge in [0.2, 0.25) is 0 Å². The first kappa shape index (κ1) is 13.3. The number of aliphatic hydroxyl groups is 1. The summed E-state index contributed by atoms with van der Waals surface area (Å²) in [5.74, 6) is 12.1. The molecule has 2 aliphatic carbocycles. The van der Waals surface area contributed by atoms with Crippen LogP contribution in [-0.4, -0.2) is 11.2 Å². The van der Waals surface area contributed by atoms with E-state index in [1.54, 1.807) is 0 Å². The Morgan fingerprint density at radius 1 is 1.06 bits per heavy atom. The van der Waals surface area contributed by atoms with Gasteiger partial charge >= 0.3 is 0 Å². The van der Waals surface area contributed by atoms with Gasteiger partial charge < -0.3 is 5.11 Å². The van der Waals surface area contributed by atoms with E-state index in [-0.39, 0.29) is 0 Å². The van der Waals surface area contributed by atoms with Crippen molar-refractivity contribution in [1.29, 1.82) is 0 Å². The van der Waals surface area contributed by atoms with Crippen LogP contribution in [0.2, 0.25) is 0 Å². The quantitative estimate of drug-likeness (QED) is 0.698. The minimum atomic E-state index is -0.472. The molecule has 0 aromatic heterocycles. The van der Waals surface area contributed by atoms with E-state index in [0.29, 0.717) is 5.92 Å². The summed E-state index contributed by atoms with van der Waals surface area (Å²) in [5, 5.41) is 9.95. The topological polar surface area (TPSA) is 20.2 Å². The highest BCUT2D eigenvalue weighted by Crippen LogP contribution is 2.26. The maximum atomic E-state index is 9.95. The molecule has 0 aromatic carbocycles. The number of hydrogen-bond donors (Lipinski definition) is 1. The Morgan fingerprint density at radius 2 is 1.89 bits per heavy atom. The predicted molar refractivity (Wildman–Crippen MR) is 74.7 cm³/mol. The molecule has 18 heavy (non-hydrogen) atoms. The third-order valence-electron chi connectivity index (χ3n) is 3.89. The number of allylic oxidation sites excluding steroid dienone is 2. The normalized spacial score (nSPS) is 21.9. The first-order valence-electron chi connectivity index (χ1n) is 7.25. The molecule has 0 unspecified atom stereocenters. The molecular formula is C17H22O. The molecule has 2 aliphatic rings. The van der Waals surface area contributed by atoms with Gasteiger partial charge in [0.05, 0.1) is 0 Å². The predicted octanol–water partition coefficient (Wildman–Crippen LogP) is 3.43. The van der Waals surface area contributed by atoms with Crippen LogP contribution < -0.4 is 0 Å². The Bertz CT molecular complexity index is 404. The van der Waals surface area contributed by atoms with Crippen LogP contribution in [-0.2, 0) is 0 Å². The molecule has 0 amide bonds. The van der Waals surface area contributed by atoms with E-state index in [0.717, 1.165) is 25.7 Å². The lowest BCUT2D eigenvalue weighted by Gasteiger charge is -2.22. The van der Waals surface area contributed by atoms with Gasteiger partial charge in [0.1, 0.15) is 6.10 Å². The van der Waals surface area contributed by atoms with Crippen LogP contribution in [0.4, 0.5) is 0 Å². The number of rotatable bonds is 1. The Labute approximate surface area is 111 Å². The average molecular weight is 242 g/mol. The van der Waals surface area contributed by atoms with Crippen molar-refractivity contribution in [2.24, 2.45) is 5.92 Å². The fourth-order valence-electron chi connectivity index (χ4n) is 2.74. The Morgan fingerprint density at radius 3 is 2.61 bits per heavy atom. The number of hydrogen-bond acceptors (Lipinski definition) is 1. The van der Waals surface area contributed by atoms with Crippen LogP contribution in [0, 0.1) is 29.6 Å².